The Morgan fingerprint density at radius 3 is 2.68 bits per heavy atom. The van der Waals surface area contributed by atoms with E-state index in [-0.39, 0.29) is 5.91 Å². The van der Waals surface area contributed by atoms with E-state index in [1.54, 1.807) is 25.1 Å². The van der Waals surface area contributed by atoms with Gasteiger partial charge < -0.3 is 10.1 Å². The molecule has 1 aliphatic carbocycles. The SMILES string of the molecule is Cc1cc(Cl)ccc1OC(C)C(=O)Nc1ccc(-c2nnnn2C2CC2)cc1. The summed E-state index contributed by atoms with van der Waals surface area (Å²) in [4.78, 5) is 12.5. The third-order valence-corrected chi connectivity index (χ3v) is 4.84. The minimum atomic E-state index is -0.651. The van der Waals surface area contributed by atoms with E-state index in [0.717, 1.165) is 29.8 Å². The Morgan fingerprint density at radius 1 is 1.25 bits per heavy atom. The Labute approximate surface area is 167 Å². The Bertz CT molecular complexity index is 998. The summed E-state index contributed by atoms with van der Waals surface area (Å²) in [5.74, 6) is 1.15. The van der Waals surface area contributed by atoms with Gasteiger partial charge in [0.05, 0.1) is 6.04 Å². The van der Waals surface area contributed by atoms with Crippen LogP contribution in [-0.4, -0.2) is 32.2 Å². The van der Waals surface area contributed by atoms with Crippen molar-refractivity contribution in [3.63, 3.8) is 0 Å². The van der Waals surface area contributed by atoms with Crippen molar-refractivity contribution in [1.82, 2.24) is 20.2 Å². The predicted molar refractivity (Wildman–Crippen MR) is 106 cm³/mol. The monoisotopic (exact) mass is 397 g/mol. The van der Waals surface area contributed by atoms with Crippen LogP contribution in [0.5, 0.6) is 5.75 Å². The molecule has 1 atom stereocenters. The standard InChI is InChI=1S/C20H20ClN5O2/c1-12-11-15(21)5-10-18(12)28-13(2)20(27)22-16-6-3-14(4-7-16)19-23-24-25-26(19)17-8-9-17/h3-7,10-11,13,17H,8-9H2,1-2H3,(H,22,27). The van der Waals surface area contributed by atoms with Gasteiger partial charge in [-0.15, -0.1) is 5.10 Å². The summed E-state index contributed by atoms with van der Waals surface area (Å²) < 4.78 is 7.62. The fourth-order valence-electron chi connectivity index (χ4n) is 2.88. The minimum absolute atomic E-state index is 0.232. The number of ether oxygens (including phenoxy) is 1. The van der Waals surface area contributed by atoms with Crippen LogP contribution in [0.25, 0.3) is 11.4 Å². The van der Waals surface area contributed by atoms with Crippen LogP contribution in [0.1, 0.15) is 31.4 Å². The van der Waals surface area contributed by atoms with Crippen LogP contribution < -0.4 is 10.1 Å². The summed E-state index contributed by atoms with van der Waals surface area (Å²) in [6, 6.07) is 13.2. The van der Waals surface area contributed by atoms with Crippen LogP contribution in [0.2, 0.25) is 5.02 Å². The Hall–Kier alpha value is -2.93. The van der Waals surface area contributed by atoms with Crippen molar-refractivity contribution in [2.75, 3.05) is 5.32 Å². The number of carbonyl (C=O) groups excluding carboxylic acids is 1. The molecule has 8 heteroatoms. The van der Waals surface area contributed by atoms with E-state index < -0.39 is 6.10 Å². The van der Waals surface area contributed by atoms with Crippen LogP contribution in [0, 0.1) is 6.92 Å². The molecule has 144 valence electrons. The summed E-state index contributed by atoms with van der Waals surface area (Å²) in [5, 5.41) is 15.4. The number of rotatable bonds is 6. The van der Waals surface area contributed by atoms with Gasteiger partial charge in [-0.2, -0.15) is 0 Å². The highest BCUT2D eigenvalue weighted by Crippen LogP contribution is 2.36. The molecule has 1 heterocycles. The molecule has 1 aliphatic rings. The van der Waals surface area contributed by atoms with E-state index in [4.69, 9.17) is 16.3 Å². The summed E-state index contributed by atoms with van der Waals surface area (Å²) in [7, 11) is 0. The number of halogens is 1. The lowest BCUT2D eigenvalue weighted by Gasteiger charge is -2.16. The number of hydrogen-bond donors (Lipinski definition) is 1. The molecule has 7 nitrogen and oxygen atoms in total. The van der Waals surface area contributed by atoms with Gasteiger partial charge in [-0.3, -0.25) is 4.79 Å². The molecular weight excluding hydrogens is 378 g/mol. The molecule has 3 aromatic rings. The zero-order valence-corrected chi connectivity index (χ0v) is 16.3. The van der Waals surface area contributed by atoms with E-state index in [9.17, 15) is 4.79 Å². The van der Waals surface area contributed by atoms with Crippen LogP contribution >= 0.6 is 11.6 Å². The number of amides is 1. The van der Waals surface area contributed by atoms with E-state index in [1.165, 1.54) is 0 Å². The molecule has 1 amide bonds. The maximum atomic E-state index is 12.5. The molecule has 1 unspecified atom stereocenters. The van der Waals surface area contributed by atoms with Crippen molar-refractivity contribution >= 4 is 23.2 Å². The van der Waals surface area contributed by atoms with Gasteiger partial charge in [-0.05, 0) is 85.1 Å². The van der Waals surface area contributed by atoms with Crippen LogP contribution in [-0.2, 0) is 4.79 Å². The number of hydrogen-bond acceptors (Lipinski definition) is 5. The molecule has 1 N–H and O–H groups in total. The quantitative estimate of drug-likeness (QED) is 0.678. The zero-order chi connectivity index (χ0) is 19.7. The van der Waals surface area contributed by atoms with Crippen molar-refractivity contribution in [1.29, 1.82) is 0 Å². The van der Waals surface area contributed by atoms with Gasteiger partial charge in [0.1, 0.15) is 5.75 Å². The first-order valence-corrected chi connectivity index (χ1v) is 9.51. The van der Waals surface area contributed by atoms with Gasteiger partial charge in [0, 0.05) is 16.3 Å². The van der Waals surface area contributed by atoms with E-state index in [0.29, 0.717) is 22.5 Å². The molecule has 0 radical (unpaired) electrons. The van der Waals surface area contributed by atoms with Gasteiger partial charge in [-0.25, -0.2) is 4.68 Å². The van der Waals surface area contributed by atoms with E-state index >= 15 is 0 Å². The third-order valence-electron chi connectivity index (χ3n) is 4.61. The molecule has 0 spiro atoms. The maximum absolute atomic E-state index is 12.5. The molecule has 1 aromatic heterocycles. The third kappa shape index (κ3) is 3.99. The van der Waals surface area contributed by atoms with Crippen molar-refractivity contribution in [2.24, 2.45) is 0 Å². The first kappa shape index (κ1) is 18.4. The Kier molecular flexibility index (Phi) is 5.00. The highest BCUT2D eigenvalue weighted by molar-refractivity contribution is 6.30. The number of aryl methyl sites for hydroxylation is 1. The summed E-state index contributed by atoms with van der Waals surface area (Å²) in [6.07, 6.45) is 1.57. The molecule has 1 fully saturated rings. The number of nitrogens with zero attached hydrogens (tertiary/aromatic N) is 4. The van der Waals surface area contributed by atoms with Gasteiger partial charge >= 0.3 is 0 Å². The Morgan fingerprint density at radius 2 is 2.00 bits per heavy atom. The maximum Gasteiger partial charge on any atom is 0.265 e. The number of aromatic nitrogens is 4. The first-order valence-electron chi connectivity index (χ1n) is 9.13. The Balaban J connectivity index is 1.40. The molecule has 0 saturated heterocycles. The van der Waals surface area contributed by atoms with Gasteiger partial charge in [-0.1, -0.05) is 11.6 Å². The molecule has 1 saturated carbocycles. The number of carbonyl (C=O) groups is 1. The topological polar surface area (TPSA) is 81.9 Å². The molecular formula is C20H20ClN5O2. The van der Waals surface area contributed by atoms with Gasteiger partial charge in [0.25, 0.3) is 5.91 Å². The van der Waals surface area contributed by atoms with Gasteiger partial charge in [0.2, 0.25) is 0 Å². The second kappa shape index (κ2) is 7.59. The molecule has 0 bridgehead atoms. The first-order chi connectivity index (χ1) is 13.5. The second-order valence-corrected chi connectivity index (χ2v) is 7.35. The smallest absolute Gasteiger partial charge is 0.265 e. The number of benzene rings is 2. The summed E-state index contributed by atoms with van der Waals surface area (Å²) >= 11 is 5.95. The average Bonchev–Trinajstić information content (AvgIpc) is 3.41. The van der Waals surface area contributed by atoms with E-state index in [2.05, 4.69) is 20.8 Å². The van der Waals surface area contributed by atoms with Crippen LogP contribution in [0.3, 0.4) is 0 Å². The van der Waals surface area contributed by atoms with Crippen molar-refractivity contribution in [2.45, 2.75) is 38.8 Å². The molecule has 4 rings (SSSR count). The number of anilines is 1. The van der Waals surface area contributed by atoms with Gasteiger partial charge in [0.15, 0.2) is 11.9 Å². The lowest BCUT2D eigenvalue weighted by atomic mass is 10.2. The van der Waals surface area contributed by atoms with Crippen molar-refractivity contribution in [3.8, 4) is 17.1 Å². The highest BCUT2D eigenvalue weighted by Gasteiger charge is 2.28. The summed E-state index contributed by atoms with van der Waals surface area (Å²) in [6.45, 7) is 3.60. The number of tetrazole rings is 1. The molecule has 0 aliphatic heterocycles. The highest BCUT2D eigenvalue weighted by atomic mass is 35.5. The lowest BCUT2D eigenvalue weighted by molar-refractivity contribution is -0.122. The fourth-order valence-corrected chi connectivity index (χ4v) is 3.11. The lowest BCUT2D eigenvalue weighted by Crippen LogP contribution is -2.30. The average molecular weight is 398 g/mol. The summed E-state index contributed by atoms with van der Waals surface area (Å²) in [5.41, 5.74) is 2.48. The predicted octanol–water partition coefficient (Wildman–Crippen LogP) is 4.04. The largest absolute Gasteiger partial charge is 0.481 e. The number of nitrogens with one attached hydrogen (secondary N) is 1. The minimum Gasteiger partial charge on any atom is -0.481 e. The zero-order valence-electron chi connectivity index (χ0n) is 15.6. The normalized spacial score (nSPS) is 14.5. The molecule has 28 heavy (non-hydrogen) atoms. The van der Waals surface area contributed by atoms with Crippen molar-refractivity contribution in [3.05, 3.63) is 53.1 Å². The van der Waals surface area contributed by atoms with E-state index in [1.807, 2.05) is 35.9 Å². The molecule has 2 aromatic carbocycles. The fraction of sp³-hybridized carbons (Fsp3) is 0.300. The second-order valence-electron chi connectivity index (χ2n) is 6.91. The van der Waals surface area contributed by atoms with Crippen molar-refractivity contribution < 1.29 is 9.53 Å². The van der Waals surface area contributed by atoms with Crippen LogP contribution in [0.4, 0.5) is 5.69 Å². The van der Waals surface area contributed by atoms with Crippen LogP contribution in [0.15, 0.2) is 42.5 Å².